The van der Waals surface area contributed by atoms with Gasteiger partial charge in [-0.2, -0.15) is 0 Å². The van der Waals surface area contributed by atoms with Crippen LogP contribution in [0.2, 0.25) is 0 Å². The summed E-state index contributed by atoms with van der Waals surface area (Å²) in [4.78, 5) is 38.1. The Balaban J connectivity index is 4.23. The molecule has 0 heterocycles. The summed E-state index contributed by atoms with van der Waals surface area (Å²) in [5.74, 6) is 0.792. The summed E-state index contributed by atoms with van der Waals surface area (Å²) in [6.45, 7) is 11.4. The van der Waals surface area contributed by atoms with E-state index >= 15 is 0 Å². The molecule has 0 aromatic rings. The van der Waals surface area contributed by atoms with Gasteiger partial charge in [0.1, 0.15) is 13.2 Å². The molecular formula is C59H114O6. The number of carbonyl (C=O) groups excluding carboxylic acids is 3. The Bertz CT molecular complexity index is 993. The Hall–Kier alpha value is -1.59. The number of carbonyl (C=O) groups is 3. The maximum atomic E-state index is 12.8. The van der Waals surface area contributed by atoms with E-state index in [1.807, 2.05) is 0 Å². The summed E-state index contributed by atoms with van der Waals surface area (Å²) < 4.78 is 16.9. The van der Waals surface area contributed by atoms with Crippen LogP contribution in [0, 0.1) is 11.8 Å². The van der Waals surface area contributed by atoms with Gasteiger partial charge in [0.2, 0.25) is 0 Å². The lowest BCUT2D eigenvalue weighted by atomic mass is 10.0. The molecular weight excluding hydrogens is 805 g/mol. The van der Waals surface area contributed by atoms with E-state index in [1.54, 1.807) is 0 Å². The molecule has 0 fully saturated rings. The SMILES string of the molecule is CCCCCCCCCCCCCCCCCCCCC(=O)O[C@H](COC(=O)CCCCCCCCCCCCCCCCCCC(C)C)COC(=O)CCCCCCCCCC(C)C. The maximum absolute atomic E-state index is 12.8. The number of unbranched alkanes of at least 4 members (excludes halogenated alkanes) is 38. The molecule has 6 nitrogen and oxygen atoms in total. The average Bonchev–Trinajstić information content (AvgIpc) is 3.28. The Morgan fingerprint density at radius 3 is 0.754 bits per heavy atom. The van der Waals surface area contributed by atoms with Gasteiger partial charge in [-0.25, -0.2) is 0 Å². The average molecular weight is 920 g/mol. The van der Waals surface area contributed by atoms with E-state index < -0.39 is 6.10 Å². The summed E-state index contributed by atoms with van der Waals surface area (Å²) in [6, 6.07) is 0. The van der Waals surface area contributed by atoms with Gasteiger partial charge in [0.05, 0.1) is 0 Å². The second-order valence-corrected chi connectivity index (χ2v) is 21.2. The molecule has 0 N–H and O–H groups in total. The van der Waals surface area contributed by atoms with Crippen molar-refractivity contribution >= 4 is 17.9 Å². The fraction of sp³-hybridized carbons (Fsp3) is 0.949. The Kier molecular flexibility index (Phi) is 50.5. The van der Waals surface area contributed by atoms with Crippen molar-refractivity contribution in [2.45, 2.75) is 336 Å². The molecule has 386 valence electrons. The fourth-order valence-corrected chi connectivity index (χ4v) is 9.05. The van der Waals surface area contributed by atoms with Crippen molar-refractivity contribution in [3.05, 3.63) is 0 Å². The zero-order chi connectivity index (χ0) is 47.5. The van der Waals surface area contributed by atoms with Crippen LogP contribution < -0.4 is 0 Å². The van der Waals surface area contributed by atoms with E-state index in [0.29, 0.717) is 19.3 Å². The van der Waals surface area contributed by atoms with Crippen LogP contribution in [0.25, 0.3) is 0 Å². The molecule has 0 radical (unpaired) electrons. The molecule has 0 bridgehead atoms. The number of hydrogen-bond acceptors (Lipinski definition) is 6. The summed E-state index contributed by atoms with van der Waals surface area (Å²) in [6.07, 6.45) is 55.4. The predicted molar refractivity (Wildman–Crippen MR) is 280 cm³/mol. The summed E-state index contributed by atoms with van der Waals surface area (Å²) >= 11 is 0. The highest BCUT2D eigenvalue weighted by Gasteiger charge is 2.19. The van der Waals surface area contributed by atoms with Crippen molar-refractivity contribution in [1.82, 2.24) is 0 Å². The molecule has 0 spiro atoms. The number of esters is 3. The third-order valence-corrected chi connectivity index (χ3v) is 13.5. The van der Waals surface area contributed by atoms with Crippen LogP contribution in [0.1, 0.15) is 330 Å². The van der Waals surface area contributed by atoms with E-state index in [1.165, 1.54) is 218 Å². The lowest BCUT2D eigenvalue weighted by Gasteiger charge is -2.18. The Labute approximate surface area is 406 Å². The zero-order valence-corrected chi connectivity index (χ0v) is 44.6. The van der Waals surface area contributed by atoms with Crippen LogP contribution >= 0.6 is 0 Å². The molecule has 0 aliphatic heterocycles. The molecule has 0 saturated heterocycles. The molecule has 0 amide bonds. The Morgan fingerprint density at radius 2 is 0.508 bits per heavy atom. The molecule has 1 atom stereocenters. The quantitative estimate of drug-likeness (QED) is 0.0344. The van der Waals surface area contributed by atoms with Crippen LogP contribution in [-0.4, -0.2) is 37.2 Å². The normalized spacial score (nSPS) is 12.0. The lowest BCUT2D eigenvalue weighted by molar-refractivity contribution is -0.167. The van der Waals surface area contributed by atoms with Crippen molar-refractivity contribution in [3.63, 3.8) is 0 Å². The van der Waals surface area contributed by atoms with Gasteiger partial charge in [-0.1, -0.05) is 291 Å². The topological polar surface area (TPSA) is 78.9 Å². The van der Waals surface area contributed by atoms with Crippen molar-refractivity contribution < 1.29 is 28.6 Å². The summed E-state index contributed by atoms with van der Waals surface area (Å²) in [7, 11) is 0. The van der Waals surface area contributed by atoms with E-state index in [2.05, 4.69) is 34.6 Å². The number of ether oxygens (including phenoxy) is 3. The first-order valence-corrected chi connectivity index (χ1v) is 29.2. The molecule has 0 aliphatic rings. The van der Waals surface area contributed by atoms with Gasteiger partial charge in [0.25, 0.3) is 0 Å². The van der Waals surface area contributed by atoms with Crippen LogP contribution in [-0.2, 0) is 28.6 Å². The monoisotopic (exact) mass is 919 g/mol. The van der Waals surface area contributed by atoms with Crippen LogP contribution in [0.4, 0.5) is 0 Å². The third-order valence-electron chi connectivity index (χ3n) is 13.5. The van der Waals surface area contributed by atoms with Crippen LogP contribution in [0.15, 0.2) is 0 Å². The largest absolute Gasteiger partial charge is 0.462 e. The van der Waals surface area contributed by atoms with Crippen molar-refractivity contribution in [3.8, 4) is 0 Å². The van der Waals surface area contributed by atoms with Crippen molar-refractivity contribution in [2.75, 3.05) is 13.2 Å². The highest BCUT2D eigenvalue weighted by molar-refractivity contribution is 5.71. The highest BCUT2D eigenvalue weighted by Crippen LogP contribution is 2.18. The lowest BCUT2D eigenvalue weighted by Crippen LogP contribution is -2.30. The van der Waals surface area contributed by atoms with Gasteiger partial charge in [-0.15, -0.1) is 0 Å². The molecule has 0 unspecified atom stereocenters. The van der Waals surface area contributed by atoms with Gasteiger partial charge >= 0.3 is 17.9 Å². The number of rotatable bonds is 53. The second-order valence-electron chi connectivity index (χ2n) is 21.2. The molecule has 0 rings (SSSR count). The molecule has 0 aromatic heterocycles. The minimum absolute atomic E-state index is 0.0633. The molecule has 0 saturated carbocycles. The highest BCUT2D eigenvalue weighted by atomic mass is 16.6. The minimum Gasteiger partial charge on any atom is -0.462 e. The molecule has 0 aromatic carbocycles. The minimum atomic E-state index is -0.763. The summed E-state index contributed by atoms with van der Waals surface area (Å²) in [5.41, 5.74) is 0. The Morgan fingerprint density at radius 1 is 0.292 bits per heavy atom. The first-order valence-electron chi connectivity index (χ1n) is 29.2. The molecule has 0 aliphatic carbocycles. The maximum Gasteiger partial charge on any atom is 0.306 e. The molecule has 65 heavy (non-hydrogen) atoms. The first-order chi connectivity index (χ1) is 31.7. The third kappa shape index (κ3) is 53.2. The zero-order valence-electron chi connectivity index (χ0n) is 44.6. The fourth-order valence-electron chi connectivity index (χ4n) is 9.05. The number of hydrogen-bond donors (Lipinski definition) is 0. The van der Waals surface area contributed by atoms with Gasteiger partial charge in [-0.3, -0.25) is 14.4 Å². The smallest absolute Gasteiger partial charge is 0.306 e. The van der Waals surface area contributed by atoms with Gasteiger partial charge in [0.15, 0.2) is 6.10 Å². The van der Waals surface area contributed by atoms with Gasteiger partial charge in [-0.05, 0) is 31.1 Å². The summed E-state index contributed by atoms with van der Waals surface area (Å²) in [5, 5.41) is 0. The van der Waals surface area contributed by atoms with Crippen molar-refractivity contribution in [2.24, 2.45) is 11.8 Å². The van der Waals surface area contributed by atoms with Crippen LogP contribution in [0.3, 0.4) is 0 Å². The predicted octanol–water partition coefficient (Wildman–Crippen LogP) is 19.3. The van der Waals surface area contributed by atoms with E-state index in [0.717, 1.165) is 69.6 Å². The molecule has 6 heteroatoms. The van der Waals surface area contributed by atoms with E-state index in [9.17, 15) is 14.4 Å². The van der Waals surface area contributed by atoms with E-state index in [4.69, 9.17) is 14.2 Å². The van der Waals surface area contributed by atoms with Gasteiger partial charge in [0, 0.05) is 19.3 Å². The van der Waals surface area contributed by atoms with Gasteiger partial charge < -0.3 is 14.2 Å². The van der Waals surface area contributed by atoms with Crippen molar-refractivity contribution in [1.29, 1.82) is 0 Å². The standard InChI is InChI=1S/C59H114O6/c1-6-7-8-9-10-11-12-13-14-15-16-21-24-27-30-35-41-46-51-59(62)65-56(53-64-58(61)50-45-40-36-31-33-38-43-48-55(4)5)52-63-57(60)49-44-39-34-29-26-23-20-18-17-19-22-25-28-32-37-42-47-54(2)3/h54-56H,6-53H2,1-5H3/t56-/m1/s1. The second kappa shape index (κ2) is 51.8. The van der Waals surface area contributed by atoms with Crippen LogP contribution in [0.5, 0.6) is 0 Å². The van der Waals surface area contributed by atoms with E-state index in [-0.39, 0.29) is 31.1 Å². The first kappa shape index (κ1) is 63.4.